The van der Waals surface area contributed by atoms with Gasteiger partial charge < -0.3 is 4.74 Å². The minimum Gasteiger partial charge on any atom is -0.497 e. The van der Waals surface area contributed by atoms with Crippen LogP contribution in [0.15, 0.2) is 50.4 Å². The van der Waals surface area contributed by atoms with E-state index in [1.165, 1.54) is 12.2 Å². The van der Waals surface area contributed by atoms with Gasteiger partial charge in [0.15, 0.2) is 0 Å². The number of nitrogens with zero attached hydrogens (tertiary/aromatic N) is 1. The molecule has 0 radical (unpaired) electrons. The monoisotopic (exact) mass is 397 g/mol. The first-order valence-corrected chi connectivity index (χ1v) is 7.16. The van der Waals surface area contributed by atoms with E-state index >= 15 is 0 Å². The molecule has 1 aliphatic rings. The van der Waals surface area contributed by atoms with Gasteiger partial charge in [-0.15, -0.1) is 0 Å². The van der Waals surface area contributed by atoms with E-state index in [0.29, 0.717) is 26.0 Å². The van der Waals surface area contributed by atoms with Gasteiger partial charge >= 0.3 is 0 Å². The minimum absolute atomic E-state index is 0.180. The van der Waals surface area contributed by atoms with E-state index in [-0.39, 0.29) is 11.7 Å². The van der Waals surface area contributed by atoms with E-state index in [4.69, 9.17) is 4.74 Å². The van der Waals surface area contributed by atoms with Crippen molar-refractivity contribution < 1.29 is 14.3 Å². The highest BCUT2D eigenvalue weighted by atomic mass is 79.9. The maximum absolute atomic E-state index is 12.0. The molecule has 0 saturated heterocycles. The first-order chi connectivity index (χ1) is 9.51. The Labute approximate surface area is 132 Å². The Balaban J connectivity index is 2.26. The lowest BCUT2D eigenvalue weighted by molar-refractivity contribution is -0.110. The van der Waals surface area contributed by atoms with E-state index in [1.807, 2.05) is 0 Å². The van der Waals surface area contributed by atoms with Crippen LogP contribution < -0.4 is 4.74 Å². The largest absolute Gasteiger partial charge is 0.497 e. The summed E-state index contributed by atoms with van der Waals surface area (Å²) in [7, 11) is 1.56. The maximum atomic E-state index is 12.0. The number of hydrogen-bond donors (Lipinski definition) is 0. The molecule has 1 aliphatic carbocycles. The molecule has 102 valence electrons. The summed E-state index contributed by atoms with van der Waals surface area (Å²) in [6, 6.07) is 6.65. The van der Waals surface area contributed by atoms with Crippen LogP contribution in [-0.2, 0) is 4.79 Å². The average molecular weight is 399 g/mol. The van der Waals surface area contributed by atoms with Crippen molar-refractivity contribution in [1.29, 1.82) is 0 Å². The Bertz CT molecular complexity index is 634. The van der Waals surface area contributed by atoms with E-state index < -0.39 is 0 Å². The molecule has 0 atom stereocenters. The van der Waals surface area contributed by atoms with Crippen molar-refractivity contribution in [2.24, 2.45) is 4.99 Å². The third-order valence-electron chi connectivity index (χ3n) is 2.55. The zero-order valence-corrected chi connectivity index (χ0v) is 13.6. The molecule has 20 heavy (non-hydrogen) atoms. The number of hydrogen-bond acceptors (Lipinski definition) is 3. The summed E-state index contributed by atoms with van der Waals surface area (Å²) in [5.41, 5.74) is 0.855. The minimum atomic E-state index is -0.384. The number of aliphatic imine (C=N–C) groups is 1. The Morgan fingerprint density at radius 1 is 1.10 bits per heavy atom. The number of benzene rings is 1. The van der Waals surface area contributed by atoms with Crippen LogP contribution in [0.25, 0.3) is 0 Å². The molecule has 1 amide bonds. The lowest BCUT2D eigenvalue weighted by atomic mass is 10.1. The van der Waals surface area contributed by atoms with Crippen LogP contribution in [0.1, 0.15) is 10.4 Å². The Hall–Kier alpha value is -1.53. The quantitative estimate of drug-likeness (QED) is 0.717. The summed E-state index contributed by atoms with van der Waals surface area (Å²) in [5.74, 6) is 0.105. The van der Waals surface area contributed by atoms with Gasteiger partial charge in [-0.3, -0.25) is 9.59 Å². The molecule has 6 heteroatoms. The van der Waals surface area contributed by atoms with Gasteiger partial charge in [-0.05, 0) is 68.3 Å². The van der Waals surface area contributed by atoms with Crippen molar-refractivity contribution in [2.75, 3.05) is 7.11 Å². The van der Waals surface area contributed by atoms with Crippen molar-refractivity contribution in [3.05, 3.63) is 50.9 Å². The van der Waals surface area contributed by atoms with Gasteiger partial charge in [-0.1, -0.05) is 0 Å². The van der Waals surface area contributed by atoms with E-state index in [1.54, 1.807) is 31.4 Å². The van der Waals surface area contributed by atoms with Gasteiger partial charge in [0, 0.05) is 5.56 Å². The third kappa shape index (κ3) is 3.32. The molecule has 0 spiro atoms. The first-order valence-electron chi connectivity index (χ1n) is 5.57. The third-order valence-corrected chi connectivity index (χ3v) is 3.73. The van der Waals surface area contributed by atoms with Crippen molar-refractivity contribution in [3.63, 3.8) is 0 Å². The molecule has 0 saturated carbocycles. The fourth-order valence-corrected chi connectivity index (χ4v) is 2.69. The van der Waals surface area contributed by atoms with Gasteiger partial charge in [-0.2, -0.15) is 0 Å². The molecular formula is C14H9Br2NO3. The molecule has 0 fully saturated rings. The summed E-state index contributed by atoms with van der Waals surface area (Å²) in [6.45, 7) is 0. The molecule has 2 rings (SSSR count). The standard InChI is InChI=1S/C14H9Br2NO3/c1-20-10-4-2-8(3-5-10)14(19)17-9-6-11(15)13(18)12(16)7-9/h2-7H,1H3. The number of allylic oxidation sites excluding steroid dienone is 4. The number of ether oxygens (including phenoxy) is 1. The van der Waals surface area contributed by atoms with Gasteiger partial charge in [0.2, 0.25) is 5.78 Å². The molecule has 0 unspecified atom stereocenters. The first kappa shape index (κ1) is 14.9. The molecule has 0 bridgehead atoms. The number of methoxy groups -OCH3 is 1. The second-order valence-corrected chi connectivity index (χ2v) is 5.59. The summed E-state index contributed by atoms with van der Waals surface area (Å²) in [6.07, 6.45) is 3.02. The van der Waals surface area contributed by atoms with Crippen LogP contribution in [0.3, 0.4) is 0 Å². The Kier molecular flexibility index (Phi) is 4.67. The number of halogens is 2. The highest BCUT2D eigenvalue weighted by molar-refractivity contribution is 9.13. The van der Waals surface area contributed by atoms with Crippen molar-refractivity contribution in [3.8, 4) is 5.75 Å². The summed E-state index contributed by atoms with van der Waals surface area (Å²) in [4.78, 5) is 27.5. The maximum Gasteiger partial charge on any atom is 0.277 e. The predicted molar refractivity (Wildman–Crippen MR) is 83.8 cm³/mol. The van der Waals surface area contributed by atoms with Crippen molar-refractivity contribution in [2.45, 2.75) is 0 Å². The van der Waals surface area contributed by atoms with E-state index in [0.717, 1.165) is 0 Å². The normalized spacial score (nSPS) is 14.6. The lowest BCUT2D eigenvalue weighted by Crippen LogP contribution is -2.09. The molecule has 0 aromatic heterocycles. The molecule has 0 N–H and O–H groups in total. The van der Waals surface area contributed by atoms with Crippen LogP contribution >= 0.6 is 31.9 Å². The van der Waals surface area contributed by atoms with Gasteiger partial charge in [-0.25, -0.2) is 4.99 Å². The van der Waals surface area contributed by atoms with Gasteiger partial charge in [0.25, 0.3) is 5.91 Å². The van der Waals surface area contributed by atoms with Crippen molar-refractivity contribution >= 4 is 49.3 Å². The molecule has 4 nitrogen and oxygen atoms in total. The smallest absolute Gasteiger partial charge is 0.277 e. The van der Waals surface area contributed by atoms with Crippen LogP contribution in [0.2, 0.25) is 0 Å². The zero-order chi connectivity index (χ0) is 14.7. The SMILES string of the molecule is COc1ccc(C(=O)N=C2C=C(Br)C(=O)C(Br)=C2)cc1. The fraction of sp³-hybridized carbons (Fsp3) is 0.0714. The van der Waals surface area contributed by atoms with Crippen molar-refractivity contribution in [1.82, 2.24) is 0 Å². The summed E-state index contributed by atoms with van der Waals surface area (Å²) < 4.78 is 5.73. The molecule has 1 aromatic rings. The van der Waals surface area contributed by atoms with Crippen LogP contribution in [0, 0.1) is 0 Å². The summed E-state index contributed by atoms with van der Waals surface area (Å²) in [5, 5.41) is 0. The number of carbonyl (C=O) groups is 2. The Morgan fingerprint density at radius 2 is 1.65 bits per heavy atom. The topological polar surface area (TPSA) is 55.7 Å². The Morgan fingerprint density at radius 3 is 2.15 bits per heavy atom. The summed E-state index contributed by atoms with van der Waals surface area (Å²) >= 11 is 6.26. The van der Waals surface area contributed by atoms with Crippen LogP contribution in [0.5, 0.6) is 5.75 Å². The molecular weight excluding hydrogens is 390 g/mol. The predicted octanol–water partition coefficient (Wildman–Crippen LogP) is 3.42. The number of rotatable bonds is 2. The molecule has 0 heterocycles. The molecule has 0 aliphatic heterocycles. The number of ketones is 1. The second kappa shape index (κ2) is 6.28. The van der Waals surface area contributed by atoms with Gasteiger partial charge in [0.05, 0.1) is 21.8 Å². The lowest BCUT2D eigenvalue weighted by Gasteiger charge is -2.06. The van der Waals surface area contributed by atoms with E-state index in [9.17, 15) is 9.59 Å². The highest BCUT2D eigenvalue weighted by Gasteiger charge is 2.17. The second-order valence-electron chi connectivity index (χ2n) is 3.88. The zero-order valence-electron chi connectivity index (χ0n) is 10.4. The van der Waals surface area contributed by atoms with Gasteiger partial charge in [0.1, 0.15) is 5.75 Å². The highest BCUT2D eigenvalue weighted by Crippen LogP contribution is 2.22. The number of carbonyl (C=O) groups excluding carboxylic acids is 2. The van der Waals surface area contributed by atoms with Crippen LogP contribution in [-0.4, -0.2) is 24.5 Å². The van der Waals surface area contributed by atoms with Crippen LogP contribution in [0.4, 0.5) is 0 Å². The average Bonchev–Trinajstić information content (AvgIpc) is 2.44. The fourth-order valence-electron chi connectivity index (χ4n) is 1.53. The van der Waals surface area contributed by atoms with E-state index in [2.05, 4.69) is 36.9 Å². The number of amides is 1. The molecule has 1 aromatic carbocycles. The number of Topliss-reactive ketones (excluding diaryl/α,β-unsaturated/α-hetero) is 1.